The number of aromatic nitrogens is 1. The van der Waals surface area contributed by atoms with Crippen LogP contribution in [-0.4, -0.2) is 30.3 Å². The topological polar surface area (TPSA) is 34.2 Å². The Kier molecular flexibility index (Phi) is 4.84. The monoisotopic (exact) mass is 288 g/mol. The van der Waals surface area contributed by atoms with E-state index in [0.717, 1.165) is 44.5 Å². The lowest BCUT2D eigenvalue weighted by molar-refractivity contribution is 0.0211. The number of hydrogen-bond donors (Lipinski definition) is 1. The van der Waals surface area contributed by atoms with Crippen LogP contribution < -0.4 is 5.32 Å². The molecule has 1 saturated heterocycles. The summed E-state index contributed by atoms with van der Waals surface area (Å²) in [6.07, 6.45) is 6.33. The van der Waals surface area contributed by atoms with Crippen LogP contribution in [0.3, 0.4) is 0 Å². The second-order valence-electron chi connectivity index (χ2n) is 4.91. The van der Waals surface area contributed by atoms with Crippen LogP contribution in [0.2, 0.25) is 10.0 Å². The van der Waals surface area contributed by atoms with Crippen molar-refractivity contribution in [2.75, 3.05) is 19.7 Å². The summed E-state index contributed by atoms with van der Waals surface area (Å²) in [7, 11) is 0. The third kappa shape index (κ3) is 3.58. The minimum atomic E-state index is -0.00810. The average Bonchev–Trinajstić information content (AvgIpc) is 2.75. The highest BCUT2D eigenvalue weighted by Gasteiger charge is 2.28. The fourth-order valence-electron chi connectivity index (χ4n) is 2.22. The van der Waals surface area contributed by atoms with Gasteiger partial charge in [0.2, 0.25) is 0 Å². The van der Waals surface area contributed by atoms with E-state index in [0.29, 0.717) is 10.0 Å². The maximum Gasteiger partial charge on any atom is 0.0779 e. The van der Waals surface area contributed by atoms with E-state index in [-0.39, 0.29) is 5.60 Å². The van der Waals surface area contributed by atoms with Crippen LogP contribution in [0.15, 0.2) is 12.4 Å². The van der Waals surface area contributed by atoms with E-state index in [1.807, 2.05) is 0 Å². The molecule has 2 heterocycles. The van der Waals surface area contributed by atoms with Crippen LogP contribution in [0.4, 0.5) is 0 Å². The van der Waals surface area contributed by atoms with Gasteiger partial charge in [-0.1, -0.05) is 23.2 Å². The molecule has 5 heteroatoms. The highest BCUT2D eigenvalue weighted by atomic mass is 35.5. The van der Waals surface area contributed by atoms with Crippen molar-refractivity contribution in [2.45, 2.75) is 31.8 Å². The van der Waals surface area contributed by atoms with Crippen molar-refractivity contribution in [2.24, 2.45) is 0 Å². The van der Waals surface area contributed by atoms with E-state index in [2.05, 4.69) is 17.2 Å². The molecule has 1 aromatic heterocycles. The first-order chi connectivity index (χ1) is 8.61. The first-order valence-corrected chi connectivity index (χ1v) is 6.99. The van der Waals surface area contributed by atoms with Crippen molar-refractivity contribution in [3.05, 3.63) is 28.0 Å². The molecule has 18 heavy (non-hydrogen) atoms. The summed E-state index contributed by atoms with van der Waals surface area (Å²) < 4.78 is 5.72. The Balaban J connectivity index is 1.78. The van der Waals surface area contributed by atoms with Crippen molar-refractivity contribution >= 4 is 23.2 Å². The lowest BCUT2D eigenvalue weighted by Gasteiger charge is -2.23. The minimum absolute atomic E-state index is 0.00810. The molecule has 100 valence electrons. The van der Waals surface area contributed by atoms with Gasteiger partial charge >= 0.3 is 0 Å². The van der Waals surface area contributed by atoms with Crippen LogP contribution in [0.1, 0.15) is 25.3 Å². The summed E-state index contributed by atoms with van der Waals surface area (Å²) in [6, 6.07) is 0. The molecule has 0 bridgehead atoms. The first-order valence-electron chi connectivity index (χ1n) is 6.23. The standard InChI is InChI=1S/C13H18Cl2N2O/c1-13(4-2-6-18-13)9-16-5-3-10-11(14)7-17-8-12(10)15/h7-8,16H,2-6,9H2,1H3/t13-/m1/s1. The fourth-order valence-corrected chi connectivity index (χ4v) is 2.77. The number of hydrogen-bond acceptors (Lipinski definition) is 3. The highest BCUT2D eigenvalue weighted by molar-refractivity contribution is 6.35. The molecular formula is C13H18Cl2N2O. The molecule has 1 atom stereocenters. The predicted octanol–water partition coefficient (Wildman–Crippen LogP) is 3.09. The summed E-state index contributed by atoms with van der Waals surface area (Å²) in [6.45, 7) is 4.73. The van der Waals surface area contributed by atoms with Gasteiger partial charge in [-0.15, -0.1) is 0 Å². The maximum absolute atomic E-state index is 6.06. The zero-order valence-corrected chi connectivity index (χ0v) is 12.0. The molecule has 1 aliphatic rings. The van der Waals surface area contributed by atoms with E-state index in [1.165, 1.54) is 0 Å². The van der Waals surface area contributed by atoms with Gasteiger partial charge in [-0.3, -0.25) is 4.98 Å². The largest absolute Gasteiger partial charge is 0.374 e. The molecule has 1 aromatic rings. The van der Waals surface area contributed by atoms with Gasteiger partial charge in [0, 0.05) is 25.5 Å². The molecule has 2 rings (SSSR count). The lowest BCUT2D eigenvalue weighted by Crippen LogP contribution is -2.38. The van der Waals surface area contributed by atoms with Crippen LogP contribution in [-0.2, 0) is 11.2 Å². The Morgan fingerprint density at radius 1 is 1.39 bits per heavy atom. The van der Waals surface area contributed by atoms with Gasteiger partial charge in [-0.25, -0.2) is 0 Å². The normalized spacial score (nSPS) is 23.5. The number of nitrogens with zero attached hydrogens (tertiary/aromatic N) is 1. The van der Waals surface area contributed by atoms with E-state index >= 15 is 0 Å². The lowest BCUT2D eigenvalue weighted by atomic mass is 10.0. The van der Waals surface area contributed by atoms with Crippen LogP contribution in [0.5, 0.6) is 0 Å². The fraction of sp³-hybridized carbons (Fsp3) is 0.615. The summed E-state index contributed by atoms with van der Waals surface area (Å²) in [5, 5.41) is 4.67. The van der Waals surface area contributed by atoms with Gasteiger partial charge in [0.15, 0.2) is 0 Å². The number of rotatable bonds is 5. The van der Waals surface area contributed by atoms with E-state index in [4.69, 9.17) is 27.9 Å². The summed E-state index contributed by atoms with van der Waals surface area (Å²) >= 11 is 12.1. The van der Waals surface area contributed by atoms with Gasteiger partial charge in [0.1, 0.15) is 0 Å². The highest BCUT2D eigenvalue weighted by Crippen LogP contribution is 2.25. The van der Waals surface area contributed by atoms with Crippen molar-refractivity contribution < 1.29 is 4.74 Å². The second kappa shape index (κ2) is 6.20. The third-order valence-corrected chi connectivity index (χ3v) is 3.95. The average molecular weight is 289 g/mol. The molecule has 1 aliphatic heterocycles. The zero-order chi connectivity index (χ0) is 13.0. The van der Waals surface area contributed by atoms with Gasteiger partial charge in [-0.2, -0.15) is 0 Å². The Morgan fingerprint density at radius 3 is 2.72 bits per heavy atom. The second-order valence-corrected chi connectivity index (χ2v) is 5.72. The van der Waals surface area contributed by atoms with Crippen LogP contribution in [0, 0.1) is 0 Å². The van der Waals surface area contributed by atoms with Gasteiger partial charge < -0.3 is 10.1 Å². The van der Waals surface area contributed by atoms with Gasteiger partial charge in [0.05, 0.1) is 15.6 Å². The molecule has 0 unspecified atom stereocenters. The molecule has 0 aromatic carbocycles. The first kappa shape index (κ1) is 14.1. The number of halogens is 2. The summed E-state index contributed by atoms with van der Waals surface area (Å²) in [4.78, 5) is 3.94. The minimum Gasteiger partial charge on any atom is -0.374 e. The van der Waals surface area contributed by atoms with Gasteiger partial charge in [0.25, 0.3) is 0 Å². The number of nitrogens with one attached hydrogen (secondary N) is 1. The molecular weight excluding hydrogens is 271 g/mol. The SMILES string of the molecule is C[C@]1(CNCCc2c(Cl)cncc2Cl)CCCO1. The number of ether oxygens (including phenoxy) is 1. The van der Waals surface area contributed by atoms with Crippen molar-refractivity contribution in [3.63, 3.8) is 0 Å². The molecule has 0 aliphatic carbocycles. The summed E-state index contributed by atoms with van der Waals surface area (Å²) in [5.41, 5.74) is 0.949. The summed E-state index contributed by atoms with van der Waals surface area (Å²) in [5.74, 6) is 0. The predicted molar refractivity (Wildman–Crippen MR) is 74.4 cm³/mol. The molecule has 0 saturated carbocycles. The molecule has 0 radical (unpaired) electrons. The van der Waals surface area contributed by atoms with Crippen molar-refractivity contribution in [1.29, 1.82) is 0 Å². The quantitative estimate of drug-likeness (QED) is 0.846. The van der Waals surface area contributed by atoms with Crippen LogP contribution in [0.25, 0.3) is 0 Å². The van der Waals surface area contributed by atoms with Crippen molar-refractivity contribution in [3.8, 4) is 0 Å². The van der Waals surface area contributed by atoms with E-state index in [9.17, 15) is 0 Å². The third-order valence-electron chi connectivity index (χ3n) is 3.30. The van der Waals surface area contributed by atoms with Gasteiger partial charge in [-0.05, 0) is 38.3 Å². The molecule has 1 N–H and O–H groups in total. The molecule has 3 nitrogen and oxygen atoms in total. The van der Waals surface area contributed by atoms with E-state index in [1.54, 1.807) is 12.4 Å². The molecule has 0 spiro atoms. The Morgan fingerprint density at radius 2 is 2.11 bits per heavy atom. The zero-order valence-electron chi connectivity index (χ0n) is 10.5. The number of pyridine rings is 1. The van der Waals surface area contributed by atoms with E-state index < -0.39 is 0 Å². The van der Waals surface area contributed by atoms with Crippen molar-refractivity contribution in [1.82, 2.24) is 10.3 Å². The van der Waals surface area contributed by atoms with Crippen LogP contribution >= 0.6 is 23.2 Å². The Labute approximate surface area is 118 Å². The molecule has 1 fully saturated rings. The smallest absolute Gasteiger partial charge is 0.0779 e. The Bertz CT molecular complexity index is 386. The molecule has 0 amide bonds. The maximum atomic E-state index is 6.06. The Hall–Kier alpha value is -0.350.